The Morgan fingerprint density at radius 1 is 1.03 bits per heavy atom. The van der Waals surface area contributed by atoms with E-state index < -0.39 is 21.9 Å². The van der Waals surface area contributed by atoms with Gasteiger partial charge in [-0.15, -0.1) is 0 Å². The largest absolute Gasteiger partial charge is 0.279 e. The monoisotopic (exact) mass is 451 g/mol. The molecule has 0 radical (unpaired) electrons. The molecule has 32 heavy (non-hydrogen) atoms. The van der Waals surface area contributed by atoms with E-state index in [4.69, 9.17) is 0 Å². The normalized spacial score (nSPS) is 16.0. The Bertz CT molecular complexity index is 1280. The van der Waals surface area contributed by atoms with Crippen molar-refractivity contribution < 1.29 is 17.6 Å². The lowest BCUT2D eigenvalue weighted by Crippen LogP contribution is -2.26. The summed E-state index contributed by atoms with van der Waals surface area (Å²) >= 11 is 0. The third kappa shape index (κ3) is 4.27. The first-order valence-electron chi connectivity index (χ1n) is 10.2. The van der Waals surface area contributed by atoms with Crippen molar-refractivity contribution in [1.82, 2.24) is 5.01 Å². The zero-order valence-electron chi connectivity index (χ0n) is 17.4. The van der Waals surface area contributed by atoms with Crippen LogP contribution in [0.4, 0.5) is 10.1 Å². The Balaban J connectivity index is 1.71. The molecule has 1 aliphatic rings. The summed E-state index contributed by atoms with van der Waals surface area (Å²) in [6.07, 6.45) is 0.473. The number of nitrogens with one attached hydrogen (secondary N) is 1. The number of sulfonamides is 1. The second kappa shape index (κ2) is 8.92. The first-order valence-corrected chi connectivity index (χ1v) is 11.7. The summed E-state index contributed by atoms with van der Waals surface area (Å²) in [6.45, 7) is 1.72. The van der Waals surface area contributed by atoms with Crippen LogP contribution in [0.5, 0.6) is 0 Å². The molecule has 0 saturated carbocycles. The maximum Gasteiger partial charge on any atom is 0.261 e. The number of anilines is 1. The fourth-order valence-corrected chi connectivity index (χ4v) is 4.78. The molecule has 1 heterocycles. The smallest absolute Gasteiger partial charge is 0.261 e. The van der Waals surface area contributed by atoms with E-state index >= 15 is 0 Å². The van der Waals surface area contributed by atoms with Gasteiger partial charge in [0.1, 0.15) is 5.82 Å². The van der Waals surface area contributed by atoms with Crippen LogP contribution in [0.15, 0.2) is 88.9 Å². The molecule has 0 aliphatic carbocycles. The number of rotatable bonds is 6. The van der Waals surface area contributed by atoms with E-state index in [1.165, 1.54) is 23.2 Å². The number of hydrogen-bond acceptors (Lipinski definition) is 4. The molecule has 164 valence electrons. The molecule has 1 amide bonds. The molecule has 0 saturated heterocycles. The molecular weight excluding hydrogens is 429 g/mol. The summed E-state index contributed by atoms with van der Waals surface area (Å²) in [5, 5.41) is 5.79. The lowest BCUT2D eigenvalue weighted by Gasteiger charge is -2.21. The first kappa shape index (κ1) is 21.7. The fourth-order valence-electron chi connectivity index (χ4n) is 3.68. The maximum absolute atomic E-state index is 14.5. The standard InChI is InChI=1S/C24H22FN3O3S/c1-2-24(29)28-23(18-12-6-8-14-20(18)25)16-22(26-28)19-13-7-9-15-21(19)27-32(30,31)17-10-4-3-5-11-17/h3-15,23,27H,2,16H2,1H3. The van der Waals surface area contributed by atoms with Gasteiger partial charge in [0.15, 0.2) is 0 Å². The molecule has 3 aromatic carbocycles. The van der Waals surface area contributed by atoms with E-state index in [1.807, 2.05) is 0 Å². The highest BCUT2D eigenvalue weighted by Gasteiger charge is 2.34. The molecule has 6 nitrogen and oxygen atoms in total. The Kier molecular flexibility index (Phi) is 6.05. The third-order valence-corrected chi connectivity index (χ3v) is 6.65. The van der Waals surface area contributed by atoms with Gasteiger partial charge in [0, 0.05) is 24.0 Å². The van der Waals surface area contributed by atoms with Crippen LogP contribution in [0, 0.1) is 5.82 Å². The van der Waals surface area contributed by atoms with Gasteiger partial charge in [0.05, 0.1) is 22.3 Å². The van der Waals surface area contributed by atoms with Crippen molar-refractivity contribution in [3.63, 3.8) is 0 Å². The number of nitrogens with zero attached hydrogens (tertiary/aromatic N) is 2. The Morgan fingerprint density at radius 3 is 2.41 bits per heavy atom. The minimum atomic E-state index is -3.82. The van der Waals surface area contributed by atoms with Crippen molar-refractivity contribution in [1.29, 1.82) is 0 Å². The van der Waals surface area contributed by atoms with Crippen molar-refractivity contribution in [3.05, 3.63) is 95.8 Å². The summed E-state index contributed by atoms with van der Waals surface area (Å²) in [6, 6.07) is 20.6. The highest BCUT2D eigenvalue weighted by molar-refractivity contribution is 7.92. The van der Waals surface area contributed by atoms with Gasteiger partial charge >= 0.3 is 0 Å². The van der Waals surface area contributed by atoms with Crippen LogP contribution in [0.25, 0.3) is 0 Å². The van der Waals surface area contributed by atoms with Crippen molar-refractivity contribution in [2.24, 2.45) is 5.10 Å². The van der Waals surface area contributed by atoms with Gasteiger partial charge in [0.25, 0.3) is 10.0 Å². The highest BCUT2D eigenvalue weighted by Crippen LogP contribution is 2.36. The van der Waals surface area contributed by atoms with E-state index in [9.17, 15) is 17.6 Å². The third-order valence-electron chi connectivity index (χ3n) is 5.27. The quantitative estimate of drug-likeness (QED) is 0.589. The summed E-state index contributed by atoms with van der Waals surface area (Å²) in [5.41, 5.74) is 1.76. The van der Waals surface area contributed by atoms with Crippen LogP contribution in [-0.4, -0.2) is 25.0 Å². The van der Waals surface area contributed by atoms with Crippen LogP contribution >= 0.6 is 0 Å². The van der Waals surface area contributed by atoms with Crippen LogP contribution < -0.4 is 4.72 Å². The van der Waals surface area contributed by atoms with Gasteiger partial charge in [-0.05, 0) is 24.3 Å². The average molecular weight is 452 g/mol. The minimum absolute atomic E-state index is 0.134. The number of halogens is 1. The molecule has 1 aliphatic heterocycles. The molecule has 3 aromatic rings. The Hall–Kier alpha value is -3.52. The predicted molar refractivity (Wildman–Crippen MR) is 121 cm³/mol. The molecule has 0 bridgehead atoms. The molecule has 1 atom stereocenters. The number of hydrazone groups is 1. The number of carbonyl (C=O) groups is 1. The van der Waals surface area contributed by atoms with Crippen LogP contribution in [0.1, 0.15) is 36.9 Å². The molecule has 4 rings (SSSR count). The SMILES string of the molecule is CCC(=O)N1N=C(c2ccccc2NS(=O)(=O)c2ccccc2)CC1c1ccccc1F. The maximum atomic E-state index is 14.5. The van der Waals surface area contributed by atoms with Gasteiger partial charge in [0.2, 0.25) is 5.91 Å². The van der Waals surface area contributed by atoms with Crippen LogP contribution in [0.3, 0.4) is 0 Å². The molecular formula is C24H22FN3O3S. The number of benzene rings is 3. The van der Waals surface area contributed by atoms with Crippen LogP contribution in [0.2, 0.25) is 0 Å². The van der Waals surface area contributed by atoms with E-state index in [0.717, 1.165) is 0 Å². The summed E-state index contributed by atoms with van der Waals surface area (Å²) in [4.78, 5) is 12.7. The Morgan fingerprint density at radius 2 is 1.69 bits per heavy atom. The summed E-state index contributed by atoms with van der Waals surface area (Å²) < 4.78 is 42.8. The average Bonchev–Trinajstić information content (AvgIpc) is 3.24. The van der Waals surface area contributed by atoms with Crippen molar-refractivity contribution in [3.8, 4) is 0 Å². The molecule has 0 aromatic heterocycles. The summed E-state index contributed by atoms with van der Waals surface area (Å²) in [7, 11) is -3.82. The number of carbonyl (C=O) groups excluding carboxylic acids is 1. The van der Waals surface area contributed by atoms with Crippen molar-refractivity contribution in [2.45, 2.75) is 30.7 Å². The zero-order chi connectivity index (χ0) is 22.7. The predicted octanol–water partition coefficient (Wildman–Crippen LogP) is 4.71. The van der Waals surface area contributed by atoms with Gasteiger partial charge < -0.3 is 0 Å². The Labute approximate surface area is 186 Å². The van der Waals surface area contributed by atoms with Crippen molar-refractivity contribution >= 4 is 27.3 Å². The summed E-state index contributed by atoms with van der Waals surface area (Å²) in [5.74, 6) is -0.656. The number of hydrogen-bond donors (Lipinski definition) is 1. The second-order valence-electron chi connectivity index (χ2n) is 7.34. The van der Waals surface area contributed by atoms with E-state index in [0.29, 0.717) is 22.5 Å². The molecule has 1 unspecified atom stereocenters. The number of para-hydroxylation sites is 1. The lowest BCUT2D eigenvalue weighted by molar-refractivity contribution is -0.132. The second-order valence-corrected chi connectivity index (χ2v) is 9.03. The number of amides is 1. The zero-order valence-corrected chi connectivity index (χ0v) is 18.2. The molecule has 1 N–H and O–H groups in total. The van der Waals surface area contributed by atoms with Crippen LogP contribution in [-0.2, 0) is 14.8 Å². The van der Waals surface area contributed by atoms with Gasteiger partial charge in [-0.2, -0.15) is 5.10 Å². The molecule has 0 fully saturated rings. The fraction of sp³-hybridized carbons (Fsp3) is 0.167. The topological polar surface area (TPSA) is 78.8 Å². The molecule has 0 spiro atoms. The van der Waals surface area contributed by atoms with E-state index in [1.54, 1.807) is 67.6 Å². The van der Waals surface area contributed by atoms with Gasteiger partial charge in [-0.3, -0.25) is 9.52 Å². The first-order chi connectivity index (χ1) is 15.4. The van der Waals surface area contributed by atoms with E-state index in [-0.39, 0.29) is 23.6 Å². The lowest BCUT2D eigenvalue weighted by atomic mass is 9.97. The van der Waals surface area contributed by atoms with Gasteiger partial charge in [-0.25, -0.2) is 17.8 Å². The molecule has 8 heteroatoms. The van der Waals surface area contributed by atoms with Crippen molar-refractivity contribution in [2.75, 3.05) is 4.72 Å². The minimum Gasteiger partial charge on any atom is -0.279 e. The van der Waals surface area contributed by atoms with E-state index in [2.05, 4.69) is 9.82 Å². The van der Waals surface area contributed by atoms with Gasteiger partial charge in [-0.1, -0.05) is 61.5 Å². The highest BCUT2D eigenvalue weighted by atomic mass is 32.2.